The van der Waals surface area contributed by atoms with Gasteiger partial charge in [-0.15, -0.1) is 0 Å². The molecule has 2 N–H and O–H groups in total. The summed E-state index contributed by atoms with van der Waals surface area (Å²) in [5, 5.41) is 35.9. The summed E-state index contributed by atoms with van der Waals surface area (Å²) < 4.78 is 0. The lowest BCUT2D eigenvalue weighted by Gasteiger charge is -2.31. The van der Waals surface area contributed by atoms with Crippen molar-refractivity contribution in [3.8, 4) is 0 Å². The van der Waals surface area contributed by atoms with Crippen LogP contribution in [-0.4, -0.2) is 51.8 Å². The molecule has 0 unspecified atom stereocenters. The molecule has 0 saturated heterocycles. The second-order valence-corrected chi connectivity index (χ2v) is 16.1. The van der Waals surface area contributed by atoms with Crippen molar-refractivity contribution in [2.45, 2.75) is 76.4 Å². The molecule has 1 amide bonds. The first-order valence-electron chi connectivity index (χ1n) is 17.2. The van der Waals surface area contributed by atoms with Crippen molar-refractivity contribution in [3.63, 3.8) is 0 Å². The number of rotatable bonds is 20. The third-order valence-electron chi connectivity index (χ3n) is 9.36. The predicted molar refractivity (Wildman–Crippen MR) is 198 cm³/mol. The maximum Gasteiger partial charge on any atom is 0.269 e. The number of hydrogen-bond acceptors (Lipinski definition) is 5. The minimum atomic E-state index is -1.76. The van der Waals surface area contributed by atoms with Crippen LogP contribution >= 0.6 is 7.26 Å². The van der Waals surface area contributed by atoms with Gasteiger partial charge in [-0.2, -0.15) is 0 Å². The van der Waals surface area contributed by atoms with Crippen molar-refractivity contribution in [2.75, 3.05) is 19.8 Å². The van der Waals surface area contributed by atoms with Gasteiger partial charge in [0.15, 0.2) is 0 Å². The van der Waals surface area contributed by atoms with Gasteiger partial charge in [0.1, 0.15) is 29.3 Å². The minimum Gasteiger partial charge on any atom is -0.394 e. The van der Waals surface area contributed by atoms with E-state index >= 15 is 0 Å². The number of unbranched alkanes of at least 4 members (excludes halogenated alkanes) is 8. The highest BCUT2D eigenvalue weighted by Crippen LogP contribution is 2.56. The van der Waals surface area contributed by atoms with E-state index in [2.05, 4.69) is 91.0 Å². The quantitative estimate of drug-likeness (QED) is 0.0444. The van der Waals surface area contributed by atoms with E-state index in [1.165, 1.54) is 77.2 Å². The van der Waals surface area contributed by atoms with E-state index < -0.39 is 30.9 Å². The number of aliphatic hydroxyl groups is 2. The van der Waals surface area contributed by atoms with Crippen molar-refractivity contribution in [2.24, 2.45) is 0 Å². The molecule has 0 aromatic heterocycles. The van der Waals surface area contributed by atoms with Crippen LogP contribution < -0.4 is 15.9 Å². The van der Waals surface area contributed by atoms with Gasteiger partial charge in [0.25, 0.3) is 5.69 Å². The largest absolute Gasteiger partial charge is 0.394 e. The van der Waals surface area contributed by atoms with Crippen LogP contribution in [0.3, 0.4) is 0 Å². The zero-order valence-electron chi connectivity index (χ0n) is 28.1. The number of carbonyl (C=O) groups excluding carboxylic acids is 1. The smallest absolute Gasteiger partial charge is 0.269 e. The SMILES string of the molecule is CN(C(=O)CCCCCCCCCCC[P+](c1ccccc1)(c1ccccc1)c1ccccc1)[C@H](CO)[C@H](O)c1ccc([N+](=O)[O-])cc1. The van der Waals surface area contributed by atoms with Crippen LogP contribution in [-0.2, 0) is 4.79 Å². The van der Waals surface area contributed by atoms with Gasteiger partial charge in [0.05, 0.1) is 23.7 Å². The molecule has 0 fully saturated rings. The molecule has 2 atom stereocenters. The summed E-state index contributed by atoms with van der Waals surface area (Å²) in [7, 11) is -0.172. The Balaban J connectivity index is 1.17. The summed E-state index contributed by atoms with van der Waals surface area (Å²) in [6.45, 7) is -0.409. The fourth-order valence-corrected chi connectivity index (χ4v) is 11.0. The molecule has 4 rings (SSSR count). The Labute approximate surface area is 286 Å². The van der Waals surface area contributed by atoms with Crippen LogP contribution in [0.2, 0.25) is 0 Å². The number of carbonyl (C=O) groups is 1. The van der Waals surface area contributed by atoms with Crippen LogP contribution in [0.5, 0.6) is 0 Å². The van der Waals surface area contributed by atoms with Crippen molar-refractivity contribution in [1.82, 2.24) is 4.90 Å². The van der Waals surface area contributed by atoms with Gasteiger partial charge in [-0.1, -0.05) is 93.1 Å². The maximum atomic E-state index is 12.8. The molecule has 48 heavy (non-hydrogen) atoms. The molecule has 0 aliphatic heterocycles. The van der Waals surface area contributed by atoms with Crippen LogP contribution in [0.1, 0.15) is 75.9 Å². The van der Waals surface area contributed by atoms with Crippen molar-refractivity contribution < 1.29 is 19.9 Å². The summed E-state index contributed by atoms with van der Waals surface area (Å²) in [5.41, 5.74) is 0.341. The van der Waals surface area contributed by atoms with Crippen LogP contribution in [0.4, 0.5) is 5.69 Å². The van der Waals surface area contributed by atoms with E-state index in [9.17, 15) is 25.1 Å². The molecule has 7 nitrogen and oxygen atoms in total. The van der Waals surface area contributed by atoms with Gasteiger partial charge in [0.2, 0.25) is 5.91 Å². The number of nitrogens with zero attached hydrogens (tertiary/aromatic N) is 2. The number of aliphatic hydroxyl groups excluding tert-OH is 2. The van der Waals surface area contributed by atoms with E-state index in [-0.39, 0.29) is 11.6 Å². The van der Waals surface area contributed by atoms with Crippen molar-refractivity contribution >= 4 is 34.8 Å². The minimum absolute atomic E-state index is 0.0790. The van der Waals surface area contributed by atoms with E-state index in [4.69, 9.17) is 0 Å². The Morgan fingerprint density at radius 1 is 0.688 bits per heavy atom. The number of nitro groups is 1. The maximum absolute atomic E-state index is 12.8. The normalized spacial score (nSPS) is 12.7. The highest BCUT2D eigenvalue weighted by molar-refractivity contribution is 7.95. The molecule has 0 saturated carbocycles. The average molecular weight is 670 g/mol. The molecular weight excluding hydrogens is 619 g/mol. The standard InChI is InChI=1S/C40H50N2O5P/c1-41(38(32-43)40(45)33-27-29-34(30-28-33)42(46)47)39(44)26-18-7-5-3-2-4-6-8-19-31-48(35-20-12-9-13-21-35,36-22-14-10-15-23-36)37-24-16-11-17-25-37/h9-17,20-25,27-30,38,40,43,45H,2-8,18-19,26,31-32H2,1H3/q+1/t38-,40-/m1/s1. The summed E-state index contributed by atoms with van der Waals surface area (Å²) >= 11 is 0. The van der Waals surface area contributed by atoms with Gasteiger partial charge < -0.3 is 15.1 Å². The van der Waals surface area contributed by atoms with E-state index in [0.29, 0.717) is 12.0 Å². The summed E-state index contributed by atoms with van der Waals surface area (Å²) in [6.07, 6.45) is 10.4. The van der Waals surface area contributed by atoms with Crippen LogP contribution in [0.15, 0.2) is 115 Å². The first kappa shape index (κ1) is 36.9. The lowest BCUT2D eigenvalue weighted by molar-refractivity contribution is -0.384. The second kappa shape index (κ2) is 19.2. The Morgan fingerprint density at radius 2 is 1.10 bits per heavy atom. The summed E-state index contributed by atoms with van der Waals surface area (Å²) in [6, 6.07) is 38.0. The highest BCUT2D eigenvalue weighted by atomic mass is 31.2. The highest BCUT2D eigenvalue weighted by Gasteiger charge is 2.44. The van der Waals surface area contributed by atoms with E-state index in [0.717, 1.165) is 31.8 Å². The van der Waals surface area contributed by atoms with E-state index in [1.807, 2.05) is 0 Å². The van der Waals surface area contributed by atoms with Gasteiger partial charge in [-0.25, -0.2) is 0 Å². The van der Waals surface area contributed by atoms with Gasteiger partial charge >= 0.3 is 0 Å². The van der Waals surface area contributed by atoms with E-state index in [1.54, 1.807) is 7.05 Å². The molecule has 8 heteroatoms. The molecule has 0 aliphatic rings. The summed E-state index contributed by atoms with van der Waals surface area (Å²) in [5.74, 6) is -0.129. The van der Waals surface area contributed by atoms with Gasteiger partial charge in [-0.05, 0) is 73.4 Å². The molecule has 254 valence electrons. The predicted octanol–water partition coefficient (Wildman–Crippen LogP) is 7.34. The molecule has 0 spiro atoms. The molecule has 4 aromatic rings. The second-order valence-electron chi connectivity index (χ2n) is 12.5. The number of hydrogen-bond donors (Lipinski definition) is 2. The molecule has 0 heterocycles. The lowest BCUT2D eigenvalue weighted by atomic mass is 10.0. The number of likely N-dealkylation sites (N-methyl/N-ethyl adjacent to an activating group) is 1. The number of nitro benzene ring substituents is 1. The third-order valence-corrected chi connectivity index (χ3v) is 13.9. The topological polar surface area (TPSA) is 104 Å². The molecule has 0 bridgehead atoms. The summed E-state index contributed by atoms with van der Waals surface area (Å²) in [4.78, 5) is 24.6. The molecular formula is C40H50N2O5P+. The number of amides is 1. The fourth-order valence-electron chi connectivity index (χ4n) is 6.56. The number of benzene rings is 4. The van der Waals surface area contributed by atoms with Gasteiger partial charge in [0, 0.05) is 25.6 Å². The fraction of sp³-hybridized carbons (Fsp3) is 0.375. The average Bonchev–Trinajstić information content (AvgIpc) is 3.13. The molecule has 0 radical (unpaired) electrons. The Kier molecular flexibility index (Phi) is 14.8. The molecule has 0 aliphatic carbocycles. The molecule has 4 aromatic carbocycles. The first-order chi connectivity index (χ1) is 23.4. The Morgan fingerprint density at radius 3 is 1.52 bits per heavy atom. The van der Waals surface area contributed by atoms with Gasteiger partial charge in [-0.3, -0.25) is 14.9 Å². The monoisotopic (exact) mass is 669 g/mol. The third kappa shape index (κ3) is 9.82. The zero-order chi connectivity index (χ0) is 34.2. The Hall–Kier alpha value is -3.90. The number of non-ortho nitro benzene ring substituents is 1. The van der Waals surface area contributed by atoms with Crippen LogP contribution in [0, 0.1) is 10.1 Å². The van der Waals surface area contributed by atoms with Crippen molar-refractivity contribution in [1.29, 1.82) is 0 Å². The van der Waals surface area contributed by atoms with Crippen LogP contribution in [0.25, 0.3) is 0 Å². The lowest BCUT2D eigenvalue weighted by Crippen LogP contribution is -2.43. The van der Waals surface area contributed by atoms with Crippen molar-refractivity contribution in [3.05, 3.63) is 131 Å². The zero-order valence-corrected chi connectivity index (χ0v) is 29.0. The first-order valence-corrected chi connectivity index (χ1v) is 19.2. The Bertz CT molecular complexity index is 1420.